The first-order chi connectivity index (χ1) is 9.26. The Hall–Kier alpha value is -2.14. The Kier molecular flexibility index (Phi) is 3.05. The molecule has 0 saturated heterocycles. The van der Waals surface area contributed by atoms with E-state index in [9.17, 15) is 4.79 Å². The number of benzene rings is 2. The zero-order valence-electron chi connectivity index (χ0n) is 9.85. The van der Waals surface area contributed by atoms with Crippen molar-refractivity contribution >= 4 is 39.1 Å². The number of hydrogen-bond donors (Lipinski definition) is 2. The molecule has 0 aliphatic carbocycles. The SMILES string of the molecule is O=CNc1cccc(-c2nc3ccc(Br)cc3[nH]2)c1. The largest absolute Gasteiger partial charge is 0.338 e. The van der Waals surface area contributed by atoms with Gasteiger partial charge >= 0.3 is 0 Å². The van der Waals surface area contributed by atoms with E-state index in [1.807, 2.05) is 42.5 Å². The molecule has 0 bridgehead atoms. The van der Waals surface area contributed by atoms with Gasteiger partial charge in [-0.1, -0.05) is 28.1 Å². The lowest BCUT2D eigenvalue weighted by atomic mass is 10.2. The Morgan fingerprint density at radius 2 is 2.11 bits per heavy atom. The molecule has 0 aliphatic rings. The van der Waals surface area contributed by atoms with Crippen LogP contribution >= 0.6 is 15.9 Å². The number of H-pyrrole nitrogens is 1. The lowest BCUT2D eigenvalue weighted by molar-refractivity contribution is -0.105. The fourth-order valence-corrected chi connectivity index (χ4v) is 2.30. The van der Waals surface area contributed by atoms with Gasteiger partial charge < -0.3 is 10.3 Å². The molecule has 0 unspecified atom stereocenters. The number of aromatic nitrogens is 2. The van der Waals surface area contributed by atoms with Crippen molar-refractivity contribution < 1.29 is 4.79 Å². The summed E-state index contributed by atoms with van der Waals surface area (Å²) >= 11 is 3.43. The Labute approximate surface area is 118 Å². The molecular weight excluding hydrogens is 306 g/mol. The first-order valence-corrected chi connectivity index (χ1v) is 6.51. The zero-order chi connectivity index (χ0) is 13.2. The summed E-state index contributed by atoms with van der Waals surface area (Å²) in [5.41, 5.74) is 3.55. The summed E-state index contributed by atoms with van der Waals surface area (Å²) in [5, 5.41) is 2.63. The van der Waals surface area contributed by atoms with E-state index < -0.39 is 0 Å². The topological polar surface area (TPSA) is 57.8 Å². The van der Waals surface area contributed by atoms with Gasteiger partial charge in [-0.2, -0.15) is 0 Å². The Balaban J connectivity index is 2.08. The third kappa shape index (κ3) is 2.37. The van der Waals surface area contributed by atoms with E-state index >= 15 is 0 Å². The number of anilines is 1. The van der Waals surface area contributed by atoms with Crippen LogP contribution in [0, 0.1) is 0 Å². The Morgan fingerprint density at radius 1 is 1.21 bits per heavy atom. The number of hydrogen-bond acceptors (Lipinski definition) is 2. The number of halogens is 1. The number of carbonyl (C=O) groups is 1. The second kappa shape index (κ2) is 4.85. The fourth-order valence-electron chi connectivity index (χ4n) is 1.94. The molecule has 1 amide bonds. The van der Waals surface area contributed by atoms with Gasteiger partial charge in [0.05, 0.1) is 11.0 Å². The minimum Gasteiger partial charge on any atom is -0.338 e. The van der Waals surface area contributed by atoms with Crippen LogP contribution < -0.4 is 5.32 Å². The van der Waals surface area contributed by atoms with E-state index in [2.05, 4.69) is 31.2 Å². The molecule has 3 rings (SSSR count). The molecule has 0 aliphatic heterocycles. The highest BCUT2D eigenvalue weighted by atomic mass is 79.9. The van der Waals surface area contributed by atoms with Crippen molar-refractivity contribution in [2.24, 2.45) is 0 Å². The standard InChI is InChI=1S/C14H10BrN3O/c15-10-4-5-12-13(7-10)18-14(17-12)9-2-1-3-11(6-9)16-8-19/h1-8H,(H,16,19)(H,17,18). The molecule has 2 aromatic carbocycles. The number of rotatable bonds is 3. The van der Waals surface area contributed by atoms with Gasteiger partial charge in [-0.25, -0.2) is 4.98 Å². The van der Waals surface area contributed by atoms with Crippen molar-refractivity contribution in [2.45, 2.75) is 0 Å². The summed E-state index contributed by atoms with van der Waals surface area (Å²) in [4.78, 5) is 18.3. The molecule has 4 nitrogen and oxygen atoms in total. The number of nitrogens with one attached hydrogen (secondary N) is 2. The summed E-state index contributed by atoms with van der Waals surface area (Å²) in [7, 11) is 0. The van der Waals surface area contributed by atoms with E-state index in [0.717, 1.165) is 32.6 Å². The van der Waals surface area contributed by atoms with Crippen LogP contribution in [-0.2, 0) is 4.79 Å². The minimum absolute atomic E-state index is 0.662. The van der Waals surface area contributed by atoms with Crippen molar-refractivity contribution in [3.63, 3.8) is 0 Å². The molecule has 1 heterocycles. The number of amides is 1. The van der Waals surface area contributed by atoms with Crippen LogP contribution in [-0.4, -0.2) is 16.4 Å². The molecule has 0 fully saturated rings. The maximum absolute atomic E-state index is 10.5. The summed E-state index contributed by atoms with van der Waals surface area (Å²) < 4.78 is 1.01. The second-order valence-electron chi connectivity index (χ2n) is 4.09. The predicted octanol–water partition coefficient (Wildman–Crippen LogP) is 3.56. The van der Waals surface area contributed by atoms with Crippen molar-refractivity contribution in [1.29, 1.82) is 0 Å². The normalized spacial score (nSPS) is 10.6. The summed E-state index contributed by atoms with van der Waals surface area (Å²) in [5.74, 6) is 0.780. The Morgan fingerprint density at radius 3 is 2.95 bits per heavy atom. The summed E-state index contributed by atoms with van der Waals surface area (Å²) in [6.07, 6.45) is 0.662. The monoisotopic (exact) mass is 315 g/mol. The van der Waals surface area contributed by atoms with E-state index in [-0.39, 0.29) is 0 Å². The molecule has 0 atom stereocenters. The maximum atomic E-state index is 10.5. The van der Waals surface area contributed by atoms with Gasteiger partial charge in [-0.05, 0) is 30.3 Å². The molecule has 2 N–H and O–H groups in total. The van der Waals surface area contributed by atoms with Crippen LogP contribution in [0.3, 0.4) is 0 Å². The average Bonchev–Trinajstić information content (AvgIpc) is 2.82. The van der Waals surface area contributed by atoms with Gasteiger partial charge in [-0.3, -0.25) is 4.79 Å². The van der Waals surface area contributed by atoms with Crippen LogP contribution in [0.15, 0.2) is 46.9 Å². The molecule has 0 spiro atoms. The highest BCUT2D eigenvalue weighted by Gasteiger charge is 2.06. The van der Waals surface area contributed by atoms with Gasteiger partial charge in [0.15, 0.2) is 0 Å². The third-order valence-corrected chi connectivity index (χ3v) is 3.30. The molecule has 5 heteroatoms. The van der Waals surface area contributed by atoms with Crippen molar-refractivity contribution in [2.75, 3.05) is 5.32 Å². The molecule has 94 valence electrons. The van der Waals surface area contributed by atoms with Gasteiger partial charge in [-0.15, -0.1) is 0 Å². The highest BCUT2D eigenvalue weighted by Crippen LogP contribution is 2.24. The number of carbonyl (C=O) groups excluding carboxylic acids is 1. The third-order valence-electron chi connectivity index (χ3n) is 2.81. The smallest absolute Gasteiger partial charge is 0.211 e. The van der Waals surface area contributed by atoms with E-state index in [0.29, 0.717) is 6.41 Å². The summed E-state index contributed by atoms with van der Waals surface area (Å²) in [6.45, 7) is 0. The van der Waals surface area contributed by atoms with Crippen LogP contribution in [0.1, 0.15) is 0 Å². The average molecular weight is 316 g/mol. The second-order valence-corrected chi connectivity index (χ2v) is 5.01. The van der Waals surface area contributed by atoms with Crippen molar-refractivity contribution in [1.82, 2.24) is 9.97 Å². The van der Waals surface area contributed by atoms with Crippen LogP contribution in [0.4, 0.5) is 5.69 Å². The number of imidazole rings is 1. The minimum atomic E-state index is 0.662. The van der Waals surface area contributed by atoms with Crippen LogP contribution in [0.2, 0.25) is 0 Å². The molecule has 0 radical (unpaired) electrons. The first-order valence-electron chi connectivity index (χ1n) is 5.72. The number of fused-ring (bicyclic) bond motifs is 1. The lowest BCUT2D eigenvalue weighted by Gasteiger charge is -2.00. The number of aromatic amines is 1. The van der Waals surface area contributed by atoms with E-state index in [1.165, 1.54) is 0 Å². The molecule has 1 aromatic heterocycles. The zero-order valence-corrected chi connectivity index (χ0v) is 11.4. The maximum Gasteiger partial charge on any atom is 0.211 e. The van der Waals surface area contributed by atoms with Crippen LogP contribution in [0.5, 0.6) is 0 Å². The van der Waals surface area contributed by atoms with Crippen molar-refractivity contribution in [3.05, 3.63) is 46.9 Å². The lowest BCUT2D eigenvalue weighted by Crippen LogP contribution is -1.93. The van der Waals surface area contributed by atoms with Gasteiger partial charge in [0.25, 0.3) is 0 Å². The van der Waals surface area contributed by atoms with Gasteiger partial charge in [0.2, 0.25) is 6.41 Å². The number of nitrogens with zero attached hydrogens (tertiary/aromatic N) is 1. The summed E-state index contributed by atoms with van der Waals surface area (Å²) in [6, 6.07) is 13.4. The van der Waals surface area contributed by atoms with Crippen molar-refractivity contribution in [3.8, 4) is 11.4 Å². The fraction of sp³-hybridized carbons (Fsp3) is 0. The van der Waals surface area contributed by atoms with Crippen LogP contribution in [0.25, 0.3) is 22.4 Å². The van der Waals surface area contributed by atoms with Gasteiger partial charge in [0.1, 0.15) is 5.82 Å². The molecular formula is C14H10BrN3O. The quantitative estimate of drug-likeness (QED) is 0.726. The van der Waals surface area contributed by atoms with Gasteiger partial charge in [0, 0.05) is 15.7 Å². The van der Waals surface area contributed by atoms with E-state index in [1.54, 1.807) is 0 Å². The molecule has 3 aromatic rings. The highest BCUT2D eigenvalue weighted by molar-refractivity contribution is 9.10. The first kappa shape index (κ1) is 11.9. The molecule has 0 saturated carbocycles. The predicted molar refractivity (Wildman–Crippen MR) is 78.9 cm³/mol. The Bertz CT molecular complexity index is 751. The molecule has 19 heavy (non-hydrogen) atoms. The van der Waals surface area contributed by atoms with E-state index in [4.69, 9.17) is 0 Å².